The molecule has 0 spiro atoms. The zero-order valence-corrected chi connectivity index (χ0v) is 11.7. The highest BCUT2D eigenvalue weighted by atomic mass is 79.9. The standard InChI is InChI=1S/C11H5BrClF5N2/c12-8-7(11(16,17)18)19-10(20-8)5-2-1-4(9(14)15)3-6(5)13/h1-3,9H,(H,19,20). The number of rotatable bonds is 2. The fraction of sp³-hybridized carbons (Fsp3) is 0.182. The SMILES string of the molecule is FC(F)c1ccc(-c2nc(Br)c(C(F)(F)F)[nH]2)c(Cl)c1. The van der Waals surface area contributed by atoms with Crippen molar-refractivity contribution < 1.29 is 22.0 Å². The molecule has 0 saturated heterocycles. The Kier molecular flexibility index (Phi) is 4.06. The van der Waals surface area contributed by atoms with E-state index < -0.39 is 22.9 Å². The number of aromatic amines is 1. The summed E-state index contributed by atoms with van der Waals surface area (Å²) in [5, 5.41) is -0.113. The van der Waals surface area contributed by atoms with Gasteiger partial charge in [-0.15, -0.1) is 0 Å². The Morgan fingerprint density at radius 3 is 2.35 bits per heavy atom. The molecule has 0 unspecified atom stereocenters. The average molecular weight is 376 g/mol. The zero-order valence-electron chi connectivity index (χ0n) is 9.40. The van der Waals surface area contributed by atoms with Crippen molar-refractivity contribution in [2.45, 2.75) is 12.6 Å². The van der Waals surface area contributed by atoms with Crippen LogP contribution in [0.4, 0.5) is 22.0 Å². The third-order valence-electron chi connectivity index (χ3n) is 2.44. The molecular weight excluding hydrogens is 370 g/mol. The largest absolute Gasteiger partial charge is 0.433 e. The Labute approximate surface area is 123 Å². The molecule has 20 heavy (non-hydrogen) atoms. The number of hydrogen-bond donors (Lipinski definition) is 1. The first-order chi connectivity index (χ1) is 9.20. The van der Waals surface area contributed by atoms with Crippen LogP contribution in [0.5, 0.6) is 0 Å². The molecule has 1 aromatic carbocycles. The van der Waals surface area contributed by atoms with Crippen LogP contribution in [0.15, 0.2) is 22.8 Å². The van der Waals surface area contributed by atoms with Gasteiger partial charge in [0.1, 0.15) is 10.4 Å². The number of benzene rings is 1. The molecule has 0 saturated carbocycles. The van der Waals surface area contributed by atoms with Crippen LogP contribution >= 0.6 is 27.5 Å². The van der Waals surface area contributed by atoms with Crippen molar-refractivity contribution >= 4 is 27.5 Å². The van der Waals surface area contributed by atoms with Crippen LogP contribution in [0.25, 0.3) is 11.4 Å². The van der Waals surface area contributed by atoms with Gasteiger partial charge in [0, 0.05) is 11.1 Å². The lowest BCUT2D eigenvalue weighted by Gasteiger charge is -2.05. The topological polar surface area (TPSA) is 28.7 Å². The Bertz CT molecular complexity index is 638. The maximum atomic E-state index is 12.6. The third kappa shape index (κ3) is 2.95. The lowest BCUT2D eigenvalue weighted by atomic mass is 10.1. The summed E-state index contributed by atoms with van der Waals surface area (Å²) in [6, 6.07) is 3.26. The summed E-state index contributed by atoms with van der Waals surface area (Å²) in [6.45, 7) is 0. The number of nitrogens with one attached hydrogen (secondary N) is 1. The molecule has 1 aromatic heterocycles. The Morgan fingerprint density at radius 2 is 1.90 bits per heavy atom. The molecule has 0 aliphatic carbocycles. The van der Waals surface area contributed by atoms with Gasteiger partial charge in [-0.1, -0.05) is 17.7 Å². The Hall–Kier alpha value is -1.15. The molecule has 0 fully saturated rings. The van der Waals surface area contributed by atoms with Crippen LogP contribution in [0.2, 0.25) is 5.02 Å². The minimum absolute atomic E-state index is 0.104. The van der Waals surface area contributed by atoms with Gasteiger partial charge in [0.2, 0.25) is 0 Å². The van der Waals surface area contributed by atoms with Crippen molar-refractivity contribution in [3.05, 3.63) is 39.1 Å². The second-order valence-electron chi connectivity index (χ2n) is 3.79. The predicted octanol–water partition coefficient (Wildman–Crippen LogP) is 5.45. The molecule has 1 N–H and O–H groups in total. The summed E-state index contributed by atoms with van der Waals surface area (Å²) in [7, 11) is 0. The van der Waals surface area contributed by atoms with Crippen molar-refractivity contribution in [2.24, 2.45) is 0 Å². The van der Waals surface area contributed by atoms with Gasteiger partial charge in [0.15, 0.2) is 5.69 Å². The molecule has 9 heteroatoms. The summed E-state index contributed by atoms with van der Waals surface area (Å²) in [5.41, 5.74) is -1.28. The number of aromatic nitrogens is 2. The van der Waals surface area contributed by atoms with Crippen LogP contribution in [0.1, 0.15) is 17.7 Å². The van der Waals surface area contributed by atoms with Crippen molar-refractivity contribution in [2.75, 3.05) is 0 Å². The summed E-state index contributed by atoms with van der Waals surface area (Å²) in [6.07, 6.45) is -7.32. The predicted molar refractivity (Wildman–Crippen MR) is 66.7 cm³/mol. The second-order valence-corrected chi connectivity index (χ2v) is 4.95. The first-order valence-corrected chi connectivity index (χ1v) is 6.28. The maximum absolute atomic E-state index is 12.6. The van der Waals surface area contributed by atoms with Crippen molar-refractivity contribution in [3.8, 4) is 11.4 Å². The van der Waals surface area contributed by atoms with Crippen LogP contribution in [0, 0.1) is 0 Å². The van der Waals surface area contributed by atoms with Crippen LogP contribution in [0.3, 0.4) is 0 Å². The average Bonchev–Trinajstić information content (AvgIpc) is 2.70. The molecule has 2 aromatic rings. The number of H-pyrrole nitrogens is 1. The van der Waals surface area contributed by atoms with Crippen LogP contribution in [-0.2, 0) is 6.18 Å². The van der Waals surface area contributed by atoms with Gasteiger partial charge >= 0.3 is 6.18 Å². The van der Waals surface area contributed by atoms with E-state index in [-0.39, 0.29) is 22.0 Å². The minimum atomic E-state index is -4.61. The monoisotopic (exact) mass is 374 g/mol. The lowest BCUT2D eigenvalue weighted by molar-refractivity contribution is -0.141. The van der Waals surface area contributed by atoms with Gasteiger partial charge in [0.05, 0.1) is 5.02 Å². The highest BCUT2D eigenvalue weighted by molar-refractivity contribution is 9.10. The van der Waals surface area contributed by atoms with Crippen LogP contribution < -0.4 is 0 Å². The highest BCUT2D eigenvalue weighted by Gasteiger charge is 2.36. The normalized spacial score (nSPS) is 12.2. The van der Waals surface area contributed by atoms with E-state index in [0.717, 1.165) is 12.1 Å². The van der Waals surface area contributed by atoms with E-state index in [1.54, 1.807) is 0 Å². The molecule has 0 bridgehead atoms. The zero-order chi connectivity index (χ0) is 15.1. The molecule has 2 nitrogen and oxygen atoms in total. The molecule has 0 atom stereocenters. The molecule has 108 valence electrons. The molecule has 0 radical (unpaired) electrons. The van der Waals surface area contributed by atoms with E-state index in [9.17, 15) is 22.0 Å². The maximum Gasteiger partial charge on any atom is 0.433 e. The molecule has 1 heterocycles. The quantitative estimate of drug-likeness (QED) is 0.695. The summed E-state index contributed by atoms with van der Waals surface area (Å²) >= 11 is 8.48. The first-order valence-electron chi connectivity index (χ1n) is 5.11. The van der Waals surface area contributed by atoms with Gasteiger partial charge in [-0.25, -0.2) is 13.8 Å². The fourth-order valence-electron chi connectivity index (χ4n) is 1.53. The highest BCUT2D eigenvalue weighted by Crippen LogP contribution is 2.37. The first kappa shape index (κ1) is 15.2. The van der Waals surface area contributed by atoms with Gasteiger partial charge in [-0.3, -0.25) is 0 Å². The number of halogens is 7. The number of hydrogen-bond acceptors (Lipinski definition) is 1. The molecule has 2 rings (SSSR count). The van der Waals surface area contributed by atoms with Gasteiger partial charge < -0.3 is 4.98 Å². The Morgan fingerprint density at radius 1 is 1.25 bits per heavy atom. The minimum Gasteiger partial charge on any atom is -0.333 e. The van der Waals surface area contributed by atoms with Crippen molar-refractivity contribution in [1.82, 2.24) is 9.97 Å². The van der Waals surface area contributed by atoms with E-state index in [0.29, 0.717) is 0 Å². The van der Waals surface area contributed by atoms with Gasteiger partial charge in [-0.05, 0) is 28.1 Å². The van der Waals surface area contributed by atoms with E-state index >= 15 is 0 Å². The van der Waals surface area contributed by atoms with E-state index in [1.807, 2.05) is 0 Å². The van der Waals surface area contributed by atoms with E-state index in [4.69, 9.17) is 11.6 Å². The molecule has 0 aliphatic heterocycles. The van der Waals surface area contributed by atoms with E-state index in [2.05, 4.69) is 25.9 Å². The third-order valence-corrected chi connectivity index (χ3v) is 3.33. The van der Waals surface area contributed by atoms with Crippen molar-refractivity contribution in [1.29, 1.82) is 0 Å². The second kappa shape index (κ2) is 5.33. The van der Waals surface area contributed by atoms with Crippen LogP contribution in [-0.4, -0.2) is 9.97 Å². The van der Waals surface area contributed by atoms with Gasteiger partial charge in [-0.2, -0.15) is 13.2 Å². The summed E-state index contributed by atoms with van der Waals surface area (Å²) < 4.78 is 62.4. The molecular formula is C11H5BrClF5N2. The van der Waals surface area contributed by atoms with Gasteiger partial charge in [0.25, 0.3) is 6.43 Å². The smallest absolute Gasteiger partial charge is 0.333 e. The van der Waals surface area contributed by atoms with E-state index in [1.165, 1.54) is 6.07 Å². The summed E-state index contributed by atoms with van der Waals surface area (Å²) in [4.78, 5) is 5.72. The Balaban J connectivity index is 2.48. The summed E-state index contributed by atoms with van der Waals surface area (Å²) in [5.74, 6) is -0.157. The number of nitrogens with zero attached hydrogens (tertiary/aromatic N) is 1. The van der Waals surface area contributed by atoms with Crippen molar-refractivity contribution in [3.63, 3.8) is 0 Å². The molecule has 0 amide bonds. The number of imidazole rings is 1. The number of alkyl halides is 5. The fourth-order valence-corrected chi connectivity index (χ4v) is 2.31. The molecule has 0 aliphatic rings. The lowest BCUT2D eigenvalue weighted by Crippen LogP contribution is -2.06.